The van der Waals surface area contributed by atoms with Crippen molar-refractivity contribution in [3.8, 4) is 17.1 Å². The van der Waals surface area contributed by atoms with E-state index in [1.54, 1.807) is 9.36 Å². The first kappa shape index (κ1) is 21.8. The Morgan fingerprint density at radius 1 is 0.853 bits per heavy atom. The maximum Gasteiger partial charge on any atom is 0.297 e. The standard InChI is InChI=1S/C22H22N10OS/c1-16-20(21(33)32(29(16)2)18-12-7-4-8-13-18)31-22(24-26-28-31)34-15-9-14-19-23-25-27-30(19)17-10-5-3-6-11-17/h3-8,10-13H,9,14-15H2,1-2H3. The minimum absolute atomic E-state index is 0.178. The fourth-order valence-electron chi connectivity index (χ4n) is 3.73. The van der Waals surface area contributed by atoms with Crippen LogP contribution in [0.2, 0.25) is 0 Å². The van der Waals surface area contributed by atoms with Gasteiger partial charge in [0, 0.05) is 19.2 Å². The maximum absolute atomic E-state index is 13.3. The van der Waals surface area contributed by atoms with Crippen LogP contribution >= 0.6 is 11.8 Å². The summed E-state index contributed by atoms with van der Waals surface area (Å²) in [6, 6.07) is 19.3. The van der Waals surface area contributed by atoms with E-state index in [2.05, 4.69) is 31.1 Å². The molecule has 0 aliphatic rings. The summed E-state index contributed by atoms with van der Waals surface area (Å²) < 4.78 is 6.70. The Kier molecular flexibility index (Phi) is 6.04. The normalized spacial score (nSPS) is 11.2. The summed E-state index contributed by atoms with van der Waals surface area (Å²) >= 11 is 1.49. The Labute approximate surface area is 199 Å². The van der Waals surface area contributed by atoms with Crippen molar-refractivity contribution in [3.63, 3.8) is 0 Å². The molecule has 3 aromatic heterocycles. The Morgan fingerprint density at radius 3 is 2.24 bits per heavy atom. The van der Waals surface area contributed by atoms with E-state index in [1.807, 2.05) is 79.3 Å². The number of rotatable bonds is 8. The number of hydrogen-bond acceptors (Lipinski definition) is 8. The number of thioether (sulfide) groups is 1. The van der Waals surface area contributed by atoms with Gasteiger partial charge in [-0.2, -0.15) is 9.36 Å². The monoisotopic (exact) mass is 474 g/mol. The van der Waals surface area contributed by atoms with Crippen LogP contribution in [0.4, 0.5) is 0 Å². The van der Waals surface area contributed by atoms with Crippen molar-refractivity contribution in [1.29, 1.82) is 0 Å². The quantitative estimate of drug-likeness (QED) is 0.248. The molecule has 0 amide bonds. The summed E-state index contributed by atoms with van der Waals surface area (Å²) in [6.45, 7) is 1.88. The van der Waals surface area contributed by atoms with Crippen LogP contribution in [0.5, 0.6) is 0 Å². The van der Waals surface area contributed by atoms with E-state index in [0.29, 0.717) is 17.3 Å². The Bertz CT molecular complexity index is 1450. The number of benzene rings is 2. The molecule has 172 valence electrons. The lowest BCUT2D eigenvalue weighted by molar-refractivity contribution is 0.630. The zero-order valence-electron chi connectivity index (χ0n) is 18.7. The SMILES string of the molecule is Cc1c(-n2nnnc2SCCCc2nnnn2-c2ccccc2)c(=O)n(-c2ccccc2)n1C. The molecule has 5 aromatic rings. The van der Waals surface area contributed by atoms with Crippen LogP contribution in [-0.4, -0.2) is 55.5 Å². The molecule has 34 heavy (non-hydrogen) atoms. The van der Waals surface area contributed by atoms with Gasteiger partial charge in [-0.05, 0) is 58.5 Å². The lowest BCUT2D eigenvalue weighted by atomic mass is 10.3. The zero-order valence-corrected chi connectivity index (χ0v) is 19.5. The van der Waals surface area contributed by atoms with Crippen LogP contribution in [0, 0.1) is 6.92 Å². The first-order chi connectivity index (χ1) is 16.6. The van der Waals surface area contributed by atoms with Gasteiger partial charge >= 0.3 is 0 Å². The first-order valence-electron chi connectivity index (χ1n) is 10.7. The van der Waals surface area contributed by atoms with E-state index < -0.39 is 0 Å². The smallest absolute Gasteiger partial charge is 0.283 e. The van der Waals surface area contributed by atoms with Gasteiger partial charge in [0.15, 0.2) is 11.5 Å². The van der Waals surface area contributed by atoms with Crippen molar-refractivity contribution in [3.05, 3.63) is 82.5 Å². The Morgan fingerprint density at radius 2 is 1.50 bits per heavy atom. The third-order valence-electron chi connectivity index (χ3n) is 5.49. The van der Waals surface area contributed by atoms with Crippen molar-refractivity contribution in [2.24, 2.45) is 7.05 Å². The van der Waals surface area contributed by atoms with Crippen molar-refractivity contribution >= 4 is 11.8 Å². The minimum Gasteiger partial charge on any atom is -0.283 e. The van der Waals surface area contributed by atoms with E-state index in [4.69, 9.17) is 0 Å². The average Bonchev–Trinajstić information content (AvgIpc) is 3.57. The van der Waals surface area contributed by atoms with E-state index in [-0.39, 0.29) is 5.56 Å². The van der Waals surface area contributed by atoms with Gasteiger partial charge in [0.1, 0.15) is 0 Å². The molecule has 2 aromatic carbocycles. The molecule has 0 N–H and O–H groups in total. The zero-order chi connectivity index (χ0) is 23.5. The predicted octanol–water partition coefficient (Wildman–Crippen LogP) is 2.16. The second-order valence-electron chi connectivity index (χ2n) is 7.58. The molecule has 0 saturated carbocycles. The van der Waals surface area contributed by atoms with E-state index in [9.17, 15) is 4.79 Å². The fraction of sp³-hybridized carbons (Fsp3) is 0.227. The summed E-state index contributed by atoms with van der Waals surface area (Å²) in [7, 11) is 1.85. The highest BCUT2D eigenvalue weighted by Gasteiger charge is 2.22. The second kappa shape index (κ2) is 9.43. The molecule has 0 aliphatic heterocycles. The summed E-state index contributed by atoms with van der Waals surface area (Å²) in [5, 5.41) is 24.7. The summed E-state index contributed by atoms with van der Waals surface area (Å²) in [5.41, 5.74) is 2.73. The van der Waals surface area contributed by atoms with Crippen LogP contribution in [-0.2, 0) is 13.5 Å². The molecule has 11 nitrogen and oxygen atoms in total. The van der Waals surface area contributed by atoms with Crippen molar-refractivity contribution in [1.82, 2.24) is 49.8 Å². The first-order valence-corrected chi connectivity index (χ1v) is 11.7. The number of nitrogens with zero attached hydrogens (tertiary/aromatic N) is 10. The number of aromatic nitrogens is 10. The van der Waals surface area contributed by atoms with Crippen LogP contribution in [0.25, 0.3) is 17.1 Å². The van der Waals surface area contributed by atoms with Crippen molar-refractivity contribution < 1.29 is 0 Å². The maximum atomic E-state index is 13.3. The van der Waals surface area contributed by atoms with Crippen molar-refractivity contribution in [2.45, 2.75) is 24.9 Å². The molecule has 0 saturated heterocycles. The predicted molar refractivity (Wildman–Crippen MR) is 127 cm³/mol. The summed E-state index contributed by atoms with van der Waals surface area (Å²) in [6.07, 6.45) is 1.51. The fourth-order valence-corrected chi connectivity index (χ4v) is 4.55. The summed E-state index contributed by atoms with van der Waals surface area (Å²) in [5.74, 6) is 1.52. The second-order valence-corrected chi connectivity index (χ2v) is 8.64. The number of hydrogen-bond donors (Lipinski definition) is 0. The Balaban J connectivity index is 1.32. The number of para-hydroxylation sites is 2. The topological polar surface area (TPSA) is 114 Å². The highest BCUT2D eigenvalue weighted by molar-refractivity contribution is 7.99. The Hall–Kier alpha value is -4.06. The summed E-state index contributed by atoms with van der Waals surface area (Å²) in [4.78, 5) is 13.3. The van der Waals surface area contributed by atoms with E-state index in [0.717, 1.165) is 35.1 Å². The van der Waals surface area contributed by atoms with Crippen LogP contribution < -0.4 is 5.56 Å². The number of tetrazole rings is 2. The van der Waals surface area contributed by atoms with E-state index in [1.165, 1.54) is 16.4 Å². The van der Waals surface area contributed by atoms with Gasteiger partial charge in [0.05, 0.1) is 17.1 Å². The van der Waals surface area contributed by atoms with Crippen LogP contribution in [0.3, 0.4) is 0 Å². The van der Waals surface area contributed by atoms with Crippen molar-refractivity contribution in [2.75, 3.05) is 5.75 Å². The van der Waals surface area contributed by atoms with Gasteiger partial charge in [0.25, 0.3) is 5.56 Å². The molecule has 3 heterocycles. The molecular weight excluding hydrogens is 452 g/mol. The molecule has 0 aliphatic carbocycles. The van der Waals surface area contributed by atoms with Crippen LogP contribution in [0.1, 0.15) is 17.9 Å². The van der Waals surface area contributed by atoms with E-state index >= 15 is 0 Å². The molecular formula is C22H22N10OS. The molecule has 0 fully saturated rings. The third kappa shape index (κ3) is 4.03. The molecule has 5 rings (SSSR count). The van der Waals surface area contributed by atoms with Gasteiger partial charge in [-0.1, -0.05) is 48.2 Å². The molecule has 0 spiro atoms. The van der Waals surface area contributed by atoms with Gasteiger partial charge in [-0.3, -0.25) is 9.48 Å². The molecule has 12 heteroatoms. The van der Waals surface area contributed by atoms with Gasteiger partial charge in [0.2, 0.25) is 5.16 Å². The molecule has 0 atom stereocenters. The minimum atomic E-state index is -0.178. The highest BCUT2D eigenvalue weighted by Crippen LogP contribution is 2.21. The highest BCUT2D eigenvalue weighted by atomic mass is 32.2. The number of aryl methyl sites for hydroxylation is 1. The lowest BCUT2D eigenvalue weighted by Crippen LogP contribution is -2.22. The van der Waals surface area contributed by atoms with Gasteiger partial charge in [-0.25, -0.2) is 4.68 Å². The average molecular weight is 475 g/mol. The molecule has 0 unspecified atom stereocenters. The lowest BCUT2D eigenvalue weighted by Gasteiger charge is -2.07. The van der Waals surface area contributed by atoms with Gasteiger partial charge < -0.3 is 0 Å². The van der Waals surface area contributed by atoms with Crippen LogP contribution in [0.15, 0.2) is 70.6 Å². The molecule has 0 bridgehead atoms. The van der Waals surface area contributed by atoms with Gasteiger partial charge in [-0.15, -0.1) is 10.2 Å². The largest absolute Gasteiger partial charge is 0.297 e. The molecule has 0 radical (unpaired) electrons. The third-order valence-corrected chi connectivity index (χ3v) is 6.49.